The van der Waals surface area contributed by atoms with Crippen LogP contribution in [0.25, 0.3) is 0 Å². The molecular weight excluding hydrogens is 230 g/mol. The zero-order valence-electron chi connectivity index (χ0n) is 9.49. The molecule has 86 valence electrons. The first-order valence-corrected chi connectivity index (χ1v) is 6.31. The van der Waals surface area contributed by atoms with Crippen molar-refractivity contribution >= 4 is 17.3 Å². The number of anilines is 1. The van der Waals surface area contributed by atoms with E-state index >= 15 is 0 Å². The molecule has 0 radical (unpaired) electrons. The third-order valence-electron chi connectivity index (χ3n) is 3.33. The van der Waals surface area contributed by atoms with Gasteiger partial charge in [0.2, 0.25) is 0 Å². The highest BCUT2D eigenvalue weighted by Crippen LogP contribution is 2.34. The fraction of sp³-hybridized carbons (Fsp3) is 0.200. The van der Waals surface area contributed by atoms with Crippen molar-refractivity contribution in [3.05, 3.63) is 64.7 Å². The summed E-state index contributed by atoms with van der Waals surface area (Å²) in [5.74, 6) is 0. The maximum atomic E-state index is 6.24. The summed E-state index contributed by atoms with van der Waals surface area (Å²) in [4.78, 5) is 0. The summed E-state index contributed by atoms with van der Waals surface area (Å²) >= 11 is 6.24. The van der Waals surface area contributed by atoms with Crippen molar-refractivity contribution in [2.45, 2.75) is 18.9 Å². The van der Waals surface area contributed by atoms with E-state index in [1.165, 1.54) is 16.8 Å². The number of hydrogen-bond donors (Lipinski definition) is 1. The van der Waals surface area contributed by atoms with Crippen molar-refractivity contribution in [1.29, 1.82) is 0 Å². The molecule has 1 nitrogen and oxygen atoms in total. The van der Waals surface area contributed by atoms with E-state index in [1.807, 2.05) is 18.2 Å². The number of aryl methyl sites for hydroxylation is 1. The molecule has 0 saturated carbocycles. The number of para-hydroxylation sites is 1. The van der Waals surface area contributed by atoms with Crippen LogP contribution in [-0.4, -0.2) is 0 Å². The molecule has 1 heterocycles. The fourth-order valence-corrected chi connectivity index (χ4v) is 2.70. The Kier molecular flexibility index (Phi) is 2.77. The van der Waals surface area contributed by atoms with Crippen LogP contribution in [-0.2, 0) is 6.42 Å². The van der Waals surface area contributed by atoms with Crippen molar-refractivity contribution in [3.63, 3.8) is 0 Å². The van der Waals surface area contributed by atoms with Crippen LogP contribution in [0.1, 0.15) is 23.6 Å². The average molecular weight is 244 g/mol. The smallest absolute Gasteiger partial charge is 0.0531 e. The van der Waals surface area contributed by atoms with Crippen LogP contribution in [0, 0.1) is 0 Å². The Balaban J connectivity index is 1.92. The molecule has 1 N–H and O–H groups in total. The van der Waals surface area contributed by atoms with Gasteiger partial charge >= 0.3 is 0 Å². The van der Waals surface area contributed by atoms with Gasteiger partial charge in [-0.2, -0.15) is 0 Å². The molecule has 1 atom stereocenters. The van der Waals surface area contributed by atoms with Gasteiger partial charge in [0, 0.05) is 10.7 Å². The van der Waals surface area contributed by atoms with Crippen LogP contribution in [0.3, 0.4) is 0 Å². The van der Waals surface area contributed by atoms with Gasteiger partial charge in [-0.15, -0.1) is 0 Å². The summed E-state index contributed by atoms with van der Waals surface area (Å²) in [6, 6.07) is 16.9. The van der Waals surface area contributed by atoms with Gasteiger partial charge < -0.3 is 5.32 Å². The van der Waals surface area contributed by atoms with E-state index in [0.717, 1.165) is 17.9 Å². The lowest BCUT2D eigenvalue weighted by atomic mass is 9.93. The summed E-state index contributed by atoms with van der Waals surface area (Å²) in [7, 11) is 0. The lowest BCUT2D eigenvalue weighted by Gasteiger charge is -2.27. The van der Waals surface area contributed by atoms with Gasteiger partial charge in [0.15, 0.2) is 0 Å². The minimum absolute atomic E-state index is 0.332. The van der Waals surface area contributed by atoms with Crippen molar-refractivity contribution in [1.82, 2.24) is 0 Å². The summed E-state index contributed by atoms with van der Waals surface area (Å²) in [5.41, 5.74) is 3.84. The molecule has 0 bridgehead atoms. The lowest BCUT2D eigenvalue weighted by Crippen LogP contribution is -2.18. The SMILES string of the molecule is Clc1ccccc1C1CCc2ccccc2N1. The molecule has 2 aromatic carbocycles. The standard InChI is InChI=1S/C15H14ClN/c16-13-7-3-2-6-12(13)15-10-9-11-5-1-4-8-14(11)17-15/h1-8,15,17H,9-10H2. The first-order chi connectivity index (χ1) is 8.34. The Morgan fingerprint density at radius 1 is 1.00 bits per heavy atom. The van der Waals surface area contributed by atoms with Crippen molar-refractivity contribution < 1.29 is 0 Å². The van der Waals surface area contributed by atoms with Crippen LogP contribution < -0.4 is 5.32 Å². The predicted octanol–water partition coefficient (Wildman–Crippen LogP) is 4.44. The molecule has 2 aromatic rings. The van der Waals surface area contributed by atoms with E-state index in [-0.39, 0.29) is 0 Å². The van der Waals surface area contributed by atoms with E-state index in [4.69, 9.17) is 11.6 Å². The second kappa shape index (κ2) is 4.42. The highest BCUT2D eigenvalue weighted by atomic mass is 35.5. The van der Waals surface area contributed by atoms with Crippen LogP contribution in [0.2, 0.25) is 5.02 Å². The van der Waals surface area contributed by atoms with E-state index in [0.29, 0.717) is 6.04 Å². The minimum Gasteiger partial charge on any atom is -0.378 e. The third kappa shape index (κ3) is 2.03. The summed E-state index contributed by atoms with van der Waals surface area (Å²) in [6.45, 7) is 0. The molecule has 17 heavy (non-hydrogen) atoms. The van der Waals surface area contributed by atoms with Gasteiger partial charge in [0.1, 0.15) is 0 Å². The highest BCUT2D eigenvalue weighted by molar-refractivity contribution is 6.31. The van der Waals surface area contributed by atoms with Gasteiger partial charge in [-0.05, 0) is 36.1 Å². The Morgan fingerprint density at radius 3 is 2.65 bits per heavy atom. The average Bonchev–Trinajstić information content (AvgIpc) is 2.39. The van der Waals surface area contributed by atoms with E-state index < -0.39 is 0 Å². The predicted molar refractivity (Wildman–Crippen MR) is 72.6 cm³/mol. The van der Waals surface area contributed by atoms with Crippen molar-refractivity contribution in [2.24, 2.45) is 0 Å². The molecule has 1 unspecified atom stereocenters. The molecule has 3 rings (SSSR count). The molecule has 0 amide bonds. The first kappa shape index (κ1) is 10.7. The Labute approximate surface area is 106 Å². The zero-order valence-corrected chi connectivity index (χ0v) is 10.2. The minimum atomic E-state index is 0.332. The topological polar surface area (TPSA) is 12.0 Å². The molecule has 1 aliphatic rings. The largest absolute Gasteiger partial charge is 0.378 e. The number of fused-ring (bicyclic) bond motifs is 1. The van der Waals surface area contributed by atoms with Gasteiger partial charge in [-0.25, -0.2) is 0 Å². The Hall–Kier alpha value is -1.47. The molecule has 0 aliphatic carbocycles. The van der Waals surface area contributed by atoms with Crippen LogP contribution >= 0.6 is 11.6 Å². The fourth-order valence-electron chi connectivity index (χ4n) is 2.43. The third-order valence-corrected chi connectivity index (χ3v) is 3.67. The maximum absolute atomic E-state index is 6.24. The number of hydrogen-bond acceptors (Lipinski definition) is 1. The molecule has 2 heteroatoms. The quantitative estimate of drug-likeness (QED) is 0.781. The Morgan fingerprint density at radius 2 is 1.76 bits per heavy atom. The Bertz CT molecular complexity index is 536. The van der Waals surface area contributed by atoms with Crippen molar-refractivity contribution in [3.8, 4) is 0 Å². The normalized spacial score (nSPS) is 18.3. The second-order valence-electron chi connectivity index (χ2n) is 4.41. The summed E-state index contributed by atoms with van der Waals surface area (Å²) < 4.78 is 0. The maximum Gasteiger partial charge on any atom is 0.0531 e. The molecule has 0 fully saturated rings. The molecule has 0 spiro atoms. The number of benzene rings is 2. The van der Waals surface area contributed by atoms with Crippen LogP contribution in [0.15, 0.2) is 48.5 Å². The summed E-state index contributed by atoms with van der Waals surface area (Å²) in [6.07, 6.45) is 2.21. The van der Waals surface area contributed by atoms with E-state index in [2.05, 4.69) is 35.6 Å². The lowest BCUT2D eigenvalue weighted by molar-refractivity contribution is 0.668. The second-order valence-corrected chi connectivity index (χ2v) is 4.82. The van der Waals surface area contributed by atoms with Gasteiger partial charge in [0.05, 0.1) is 6.04 Å². The van der Waals surface area contributed by atoms with Crippen LogP contribution in [0.4, 0.5) is 5.69 Å². The number of rotatable bonds is 1. The van der Waals surface area contributed by atoms with Crippen molar-refractivity contribution in [2.75, 3.05) is 5.32 Å². The monoisotopic (exact) mass is 243 g/mol. The number of nitrogens with one attached hydrogen (secondary N) is 1. The summed E-state index contributed by atoms with van der Waals surface area (Å²) in [5, 5.41) is 4.42. The number of halogens is 1. The van der Waals surface area contributed by atoms with Gasteiger partial charge in [-0.1, -0.05) is 48.0 Å². The highest BCUT2D eigenvalue weighted by Gasteiger charge is 2.20. The molecule has 0 saturated heterocycles. The first-order valence-electron chi connectivity index (χ1n) is 5.93. The van der Waals surface area contributed by atoms with E-state index in [9.17, 15) is 0 Å². The van der Waals surface area contributed by atoms with Gasteiger partial charge in [-0.3, -0.25) is 0 Å². The van der Waals surface area contributed by atoms with Crippen LogP contribution in [0.5, 0.6) is 0 Å². The zero-order chi connectivity index (χ0) is 11.7. The molecule has 1 aliphatic heterocycles. The van der Waals surface area contributed by atoms with Gasteiger partial charge in [0.25, 0.3) is 0 Å². The van der Waals surface area contributed by atoms with E-state index in [1.54, 1.807) is 0 Å². The molecular formula is C15H14ClN. The molecule has 0 aromatic heterocycles.